The van der Waals surface area contributed by atoms with E-state index in [-0.39, 0.29) is 17.2 Å². The smallest absolute Gasteiger partial charge is 0.338 e. The van der Waals surface area contributed by atoms with Gasteiger partial charge in [0.25, 0.3) is 11.8 Å². The molecule has 29 heavy (non-hydrogen) atoms. The summed E-state index contributed by atoms with van der Waals surface area (Å²) >= 11 is 0. The second kappa shape index (κ2) is 9.36. The number of anilines is 1. The van der Waals surface area contributed by atoms with Crippen LogP contribution in [0.5, 0.6) is 0 Å². The van der Waals surface area contributed by atoms with Crippen molar-refractivity contribution in [1.29, 1.82) is 0 Å². The molecule has 0 unspecified atom stereocenters. The normalized spacial score (nSPS) is 11.3. The summed E-state index contributed by atoms with van der Waals surface area (Å²) in [5.74, 6) is -1.22. The number of hydrogen-bond acceptors (Lipinski definition) is 5. The van der Waals surface area contributed by atoms with Crippen molar-refractivity contribution < 1.29 is 23.5 Å². The maximum absolute atomic E-state index is 12.2. The average molecular weight is 392 g/mol. The second-order valence-electron chi connectivity index (χ2n) is 6.26. The molecule has 0 aliphatic heterocycles. The summed E-state index contributed by atoms with van der Waals surface area (Å²) in [5.41, 5.74) is 1.71. The molecule has 1 atom stereocenters. The fraction of sp³-hybridized carbons (Fsp3) is 0.136. The maximum Gasteiger partial charge on any atom is 0.338 e. The van der Waals surface area contributed by atoms with Gasteiger partial charge in [0.2, 0.25) is 0 Å². The van der Waals surface area contributed by atoms with Crippen LogP contribution in [0.25, 0.3) is 0 Å². The molecule has 0 aliphatic rings. The molecule has 1 aromatic heterocycles. The van der Waals surface area contributed by atoms with Crippen LogP contribution in [0.3, 0.4) is 0 Å². The number of amides is 2. The van der Waals surface area contributed by atoms with Crippen LogP contribution in [0.15, 0.2) is 77.4 Å². The number of furan rings is 1. The van der Waals surface area contributed by atoms with E-state index in [4.69, 9.17) is 9.15 Å². The molecule has 0 radical (unpaired) electrons. The van der Waals surface area contributed by atoms with Crippen LogP contribution in [-0.2, 0) is 16.1 Å². The molecule has 0 spiro atoms. The van der Waals surface area contributed by atoms with Crippen molar-refractivity contribution in [2.75, 3.05) is 5.32 Å². The Bertz CT molecular complexity index is 966. The highest BCUT2D eigenvalue weighted by Gasteiger charge is 2.19. The average Bonchev–Trinajstić information content (AvgIpc) is 3.28. The maximum atomic E-state index is 12.2. The summed E-state index contributed by atoms with van der Waals surface area (Å²) in [5, 5.41) is 5.38. The number of carbonyl (C=O) groups is 3. The highest BCUT2D eigenvalue weighted by molar-refractivity contribution is 6.02. The molecule has 0 bridgehead atoms. The number of hydrogen-bond donors (Lipinski definition) is 2. The van der Waals surface area contributed by atoms with Gasteiger partial charge in [0.05, 0.1) is 11.8 Å². The molecule has 0 saturated heterocycles. The Morgan fingerprint density at radius 3 is 2.34 bits per heavy atom. The number of nitrogens with one attached hydrogen (secondary N) is 2. The Kier molecular flexibility index (Phi) is 6.42. The lowest BCUT2D eigenvalue weighted by molar-refractivity contribution is -0.129. The van der Waals surface area contributed by atoms with Crippen LogP contribution in [0, 0.1) is 0 Å². The lowest BCUT2D eigenvalue weighted by atomic mass is 10.2. The van der Waals surface area contributed by atoms with Crippen molar-refractivity contribution in [3.8, 4) is 0 Å². The zero-order valence-electron chi connectivity index (χ0n) is 15.8. The van der Waals surface area contributed by atoms with E-state index in [9.17, 15) is 14.4 Å². The summed E-state index contributed by atoms with van der Waals surface area (Å²) in [4.78, 5) is 36.3. The minimum Gasteiger partial charge on any atom is -0.459 e. The monoisotopic (exact) mass is 392 g/mol. The number of carbonyl (C=O) groups excluding carboxylic acids is 3. The number of esters is 1. The number of ether oxygens (including phenoxy) is 1. The summed E-state index contributed by atoms with van der Waals surface area (Å²) in [7, 11) is 0. The van der Waals surface area contributed by atoms with Gasteiger partial charge in [-0.1, -0.05) is 30.3 Å². The van der Waals surface area contributed by atoms with E-state index in [0.717, 1.165) is 5.56 Å². The third kappa shape index (κ3) is 5.55. The number of rotatable bonds is 7. The van der Waals surface area contributed by atoms with Gasteiger partial charge in [0.15, 0.2) is 11.9 Å². The molecule has 0 saturated carbocycles. The molecule has 2 N–H and O–H groups in total. The second-order valence-corrected chi connectivity index (χ2v) is 6.26. The van der Waals surface area contributed by atoms with Gasteiger partial charge in [0, 0.05) is 12.2 Å². The van der Waals surface area contributed by atoms with Crippen molar-refractivity contribution >= 4 is 23.5 Å². The van der Waals surface area contributed by atoms with Crippen LogP contribution in [0.1, 0.15) is 33.4 Å². The molecular formula is C22H20N2O5. The molecule has 7 nitrogen and oxygen atoms in total. The molecule has 2 amide bonds. The molecule has 1 heterocycles. The first-order chi connectivity index (χ1) is 14.0. The van der Waals surface area contributed by atoms with Gasteiger partial charge in [0.1, 0.15) is 0 Å². The molecule has 148 valence electrons. The van der Waals surface area contributed by atoms with Crippen LogP contribution in [0.2, 0.25) is 0 Å². The Balaban J connectivity index is 1.50. The van der Waals surface area contributed by atoms with E-state index in [2.05, 4.69) is 10.6 Å². The van der Waals surface area contributed by atoms with Crippen molar-refractivity contribution in [2.45, 2.75) is 19.6 Å². The topological polar surface area (TPSA) is 97.6 Å². The summed E-state index contributed by atoms with van der Waals surface area (Å²) in [6.07, 6.45) is 0.468. The zero-order valence-corrected chi connectivity index (χ0v) is 15.8. The van der Waals surface area contributed by atoms with Crippen LogP contribution < -0.4 is 10.6 Å². The van der Waals surface area contributed by atoms with Gasteiger partial charge in [-0.05, 0) is 48.9 Å². The van der Waals surface area contributed by atoms with E-state index in [0.29, 0.717) is 12.2 Å². The molecule has 7 heteroatoms. The van der Waals surface area contributed by atoms with Crippen molar-refractivity contribution in [3.63, 3.8) is 0 Å². The summed E-state index contributed by atoms with van der Waals surface area (Å²) in [6.45, 7) is 1.86. The quantitative estimate of drug-likeness (QED) is 0.601. The molecule has 0 aliphatic carbocycles. The Morgan fingerprint density at radius 2 is 1.69 bits per heavy atom. The van der Waals surface area contributed by atoms with Gasteiger partial charge < -0.3 is 19.8 Å². The summed E-state index contributed by atoms with van der Waals surface area (Å²) < 4.78 is 10.2. The first kappa shape index (κ1) is 19.9. The lowest BCUT2D eigenvalue weighted by Gasteiger charge is -2.14. The van der Waals surface area contributed by atoms with Crippen molar-refractivity contribution in [1.82, 2.24) is 5.32 Å². The van der Waals surface area contributed by atoms with Crippen LogP contribution >= 0.6 is 0 Å². The van der Waals surface area contributed by atoms with E-state index < -0.39 is 18.0 Å². The highest BCUT2D eigenvalue weighted by atomic mass is 16.5. The van der Waals surface area contributed by atoms with E-state index in [1.807, 2.05) is 30.3 Å². The predicted molar refractivity (Wildman–Crippen MR) is 106 cm³/mol. The van der Waals surface area contributed by atoms with Gasteiger partial charge >= 0.3 is 5.97 Å². The first-order valence-corrected chi connectivity index (χ1v) is 9.00. The summed E-state index contributed by atoms with van der Waals surface area (Å²) in [6, 6.07) is 18.8. The standard InChI is InChI=1S/C22H20N2O5/c1-15(20(25)23-14-16-6-3-2-4-7-16)29-22(27)17-9-11-18(12-10-17)24-21(26)19-8-5-13-28-19/h2-13,15H,14H2,1H3,(H,23,25)(H,24,26)/t15-/m0/s1. The fourth-order valence-electron chi connectivity index (χ4n) is 2.50. The van der Waals surface area contributed by atoms with E-state index in [1.165, 1.54) is 25.3 Å². The SMILES string of the molecule is C[C@H](OC(=O)c1ccc(NC(=O)c2ccco2)cc1)C(=O)NCc1ccccc1. The van der Waals surface area contributed by atoms with Gasteiger partial charge in [-0.15, -0.1) is 0 Å². The first-order valence-electron chi connectivity index (χ1n) is 9.00. The zero-order chi connectivity index (χ0) is 20.6. The van der Waals surface area contributed by atoms with Crippen LogP contribution in [-0.4, -0.2) is 23.9 Å². The fourth-order valence-corrected chi connectivity index (χ4v) is 2.50. The van der Waals surface area contributed by atoms with E-state index >= 15 is 0 Å². The Morgan fingerprint density at radius 1 is 0.966 bits per heavy atom. The Hall–Kier alpha value is -3.87. The molecule has 3 aromatic rings. The predicted octanol–water partition coefficient (Wildman–Crippen LogP) is 3.39. The molecule has 3 rings (SSSR count). The minimum atomic E-state index is -0.940. The molecule has 0 fully saturated rings. The van der Waals surface area contributed by atoms with E-state index in [1.54, 1.807) is 24.3 Å². The highest BCUT2D eigenvalue weighted by Crippen LogP contribution is 2.13. The number of benzene rings is 2. The van der Waals surface area contributed by atoms with Crippen LogP contribution in [0.4, 0.5) is 5.69 Å². The van der Waals surface area contributed by atoms with Crippen molar-refractivity contribution in [2.24, 2.45) is 0 Å². The van der Waals surface area contributed by atoms with Gasteiger partial charge in [-0.3, -0.25) is 9.59 Å². The lowest BCUT2D eigenvalue weighted by Crippen LogP contribution is -2.35. The molecule has 2 aromatic carbocycles. The minimum absolute atomic E-state index is 0.184. The largest absolute Gasteiger partial charge is 0.459 e. The third-order valence-corrected chi connectivity index (χ3v) is 4.09. The van der Waals surface area contributed by atoms with Crippen molar-refractivity contribution in [3.05, 3.63) is 89.9 Å². The molecular weight excluding hydrogens is 372 g/mol. The van der Waals surface area contributed by atoms with Gasteiger partial charge in [-0.2, -0.15) is 0 Å². The van der Waals surface area contributed by atoms with Gasteiger partial charge in [-0.25, -0.2) is 4.79 Å². The third-order valence-electron chi connectivity index (χ3n) is 4.09. The Labute approximate surface area is 167 Å².